The van der Waals surface area contributed by atoms with Gasteiger partial charge in [-0.1, -0.05) is 18.2 Å². The highest BCUT2D eigenvalue weighted by molar-refractivity contribution is 6.05. The van der Waals surface area contributed by atoms with Gasteiger partial charge in [-0.15, -0.1) is 10.2 Å². The monoisotopic (exact) mass is 403 g/mol. The highest BCUT2D eigenvalue weighted by Gasteiger charge is 2.24. The van der Waals surface area contributed by atoms with E-state index in [2.05, 4.69) is 10.2 Å². The number of hydrogen-bond donors (Lipinski definition) is 0. The van der Waals surface area contributed by atoms with Crippen molar-refractivity contribution < 1.29 is 18.4 Å². The van der Waals surface area contributed by atoms with Gasteiger partial charge >= 0.3 is 5.97 Å². The second-order valence-electron chi connectivity index (χ2n) is 7.54. The molecule has 5 rings (SSSR count). The third-order valence-electron chi connectivity index (χ3n) is 5.44. The van der Waals surface area contributed by atoms with Crippen molar-refractivity contribution in [2.24, 2.45) is 0 Å². The summed E-state index contributed by atoms with van der Waals surface area (Å²) in [7, 11) is 0. The molecule has 30 heavy (non-hydrogen) atoms. The van der Waals surface area contributed by atoms with E-state index >= 15 is 0 Å². The number of para-hydroxylation sites is 1. The van der Waals surface area contributed by atoms with Crippen molar-refractivity contribution in [3.8, 4) is 11.5 Å². The second-order valence-corrected chi connectivity index (χ2v) is 7.54. The van der Waals surface area contributed by atoms with Crippen LogP contribution >= 0.6 is 0 Å². The van der Waals surface area contributed by atoms with E-state index in [0.29, 0.717) is 17.2 Å². The topological polar surface area (TPSA) is 91.2 Å². The van der Waals surface area contributed by atoms with Crippen molar-refractivity contribution in [2.45, 2.75) is 46.1 Å². The molecule has 4 aromatic rings. The minimum atomic E-state index is -0.387. The molecule has 0 radical (unpaired) electrons. The van der Waals surface area contributed by atoms with Gasteiger partial charge in [0.15, 0.2) is 6.61 Å². The number of esters is 1. The van der Waals surface area contributed by atoms with Crippen LogP contribution in [-0.4, -0.2) is 21.2 Å². The van der Waals surface area contributed by atoms with Gasteiger partial charge < -0.3 is 13.6 Å². The van der Waals surface area contributed by atoms with E-state index in [1.165, 1.54) is 0 Å². The fraction of sp³-hybridized carbons (Fsp3) is 0.304. The zero-order chi connectivity index (χ0) is 20.7. The molecule has 3 heterocycles. The van der Waals surface area contributed by atoms with Crippen LogP contribution in [0.5, 0.6) is 0 Å². The number of aryl methyl sites for hydroxylation is 3. The lowest BCUT2D eigenvalue weighted by Gasteiger charge is -2.19. The average Bonchev–Trinajstić information content (AvgIpc) is 3.35. The smallest absolute Gasteiger partial charge is 0.339 e. The summed E-state index contributed by atoms with van der Waals surface area (Å²) in [5, 5.41) is 8.88. The molecule has 0 unspecified atom stereocenters. The summed E-state index contributed by atoms with van der Waals surface area (Å²) in [6.45, 7) is 3.60. The number of rotatable bonds is 4. The van der Waals surface area contributed by atoms with Crippen LogP contribution in [0.3, 0.4) is 0 Å². The summed E-state index contributed by atoms with van der Waals surface area (Å²) < 4.78 is 16.8. The minimum Gasteiger partial charge on any atom is -0.466 e. The molecule has 0 saturated heterocycles. The Bertz CT molecular complexity index is 1250. The molecule has 0 saturated carbocycles. The fourth-order valence-electron chi connectivity index (χ4n) is 4.07. The Labute approximate surface area is 173 Å². The molecule has 0 atom stereocenters. The van der Waals surface area contributed by atoms with Gasteiger partial charge in [0.1, 0.15) is 11.5 Å². The van der Waals surface area contributed by atoms with Gasteiger partial charge in [0.25, 0.3) is 11.8 Å². The SMILES string of the molecule is Cc1cc(-c2nnc(COC(=O)c3c4c(nc5ccccc35)CCCC4)o2)c(C)o1. The summed E-state index contributed by atoms with van der Waals surface area (Å²) in [5.74, 6) is 1.67. The van der Waals surface area contributed by atoms with Crippen molar-refractivity contribution in [1.29, 1.82) is 0 Å². The highest BCUT2D eigenvalue weighted by Crippen LogP contribution is 2.30. The number of nitrogens with zero attached hydrogens (tertiary/aromatic N) is 3. The lowest BCUT2D eigenvalue weighted by molar-refractivity contribution is 0.0439. The Morgan fingerprint density at radius 3 is 2.77 bits per heavy atom. The van der Waals surface area contributed by atoms with Crippen molar-refractivity contribution >= 4 is 16.9 Å². The van der Waals surface area contributed by atoms with Gasteiger partial charge in [-0.05, 0) is 57.2 Å². The van der Waals surface area contributed by atoms with Crippen molar-refractivity contribution in [3.63, 3.8) is 0 Å². The van der Waals surface area contributed by atoms with Crippen LogP contribution in [0.25, 0.3) is 22.4 Å². The average molecular weight is 403 g/mol. The number of benzene rings is 1. The fourth-order valence-corrected chi connectivity index (χ4v) is 4.07. The third-order valence-corrected chi connectivity index (χ3v) is 5.44. The zero-order valence-corrected chi connectivity index (χ0v) is 16.9. The molecule has 1 aromatic carbocycles. The number of hydrogen-bond acceptors (Lipinski definition) is 7. The third kappa shape index (κ3) is 3.26. The van der Waals surface area contributed by atoms with Gasteiger partial charge in [0, 0.05) is 11.1 Å². The lowest BCUT2D eigenvalue weighted by atomic mass is 9.90. The quantitative estimate of drug-likeness (QED) is 0.455. The molecular weight excluding hydrogens is 382 g/mol. The predicted octanol–water partition coefficient (Wildman–Crippen LogP) is 4.73. The van der Waals surface area contributed by atoms with E-state index in [1.54, 1.807) is 0 Å². The first-order chi connectivity index (χ1) is 14.6. The molecule has 1 aliphatic carbocycles. The van der Waals surface area contributed by atoms with E-state index in [1.807, 2.05) is 44.2 Å². The van der Waals surface area contributed by atoms with Crippen LogP contribution < -0.4 is 0 Å². The van der Waals surface area contributed by atoms with Gasteiger partial charge in [-0.2, -0.15) is 0 Å². The number of fused-ring (bicyclic) bond motifs is 2. The Hall–Kier alpha value is -3.48. The van der Waals surface area contributed by atoms with Gasteiger partial charge in [-0.3, -0.25) is 4.98 Å². The van der Waals surface area contributed by atoms with Crippen LogP contribution in [0.15, 0.2) is 39.2 Å². The molecule has 7 heteroatoms. The summed E-state index contributed by atoms with van der Waals surface area (Å²) in [6, 6.07) is 9.53. The molecular formula is C23H21N3O4. The number of ether oxygens (including phenoxy) is 1. The molecule has 1 aliphatic rings. The first-order valence-electron chi connectivity index (χ1n) is 10.1. The molecule has 0 amide bonds. The van der Waals surface area contributed by atoms with Crippen molar-refractivity contribution in [2.75, 3.05) is 0 Å². The van der Waals surface area contributed by atoms with Gasteiger partial charge in [0.05, 0.1) is 16.6 Å². The van der Waals surface area contributed by atoms with E-state index in [0.717, 1.165) is 59.2 Å². The van der Waals surface area contributed by atoms with Crippen LogP contribution in [0, 0.1) is 13.8 Å². The number of carbonyl (C=O) groups is 1. The van der Waals surface area contributed by atoms with Crippen LogP contribution in [0.2, 0.25) is 0 Å². The molecule has 0 spiro atoms. The first-order valence-corrected chi connectivity index (χ1v) is 10.1. The summed E-state index contributed by atoms with van der Waals surface area (Å²) >= 11 is 0. The molecule has 152 valence electrons. The van der Waals surface area contributed by atoms with Gasteiger partial charge in [0.2, 0.25) is 0 Å². The maximum atomic E-state index is 13.1. The first kappa shape index (κ1) is 18.5. The van der Waals surface area contributed by atoms with Crippen molar-refractivity contribution in [1.82, 2.24) is 15.2 Å². The lowest BCUT2D eigenvalue weighted by Crippen LogP contribution is -2.15. The Morgan fingerprint density at radius 1 is 1.10 bits per heavy atom. The van der Waals surface area contributed by atoms with Crippen LogP contribution in [0.1, 0.15) is 51.9 Å². The van der Waals surface area contributed by atoms with E-state index < -0.39 is 0 Å². The Kier molecular flexibility index (Phi) is 4.58. The van der Waals surface area contributed by atoms with Crippen LogP contribution in [-0.2, 0) is 24.2 Å². The maximum Gasteiger partial charge on any atom is 0.339 e. The van der Waals surface area contributed by atoms with E-state index in [9.17, 15) is 4.79 Å². The Balaban J connectivity index is 1.41. The highest BCUT2D eigenvalue weighted by atomic mass is 16.5. The summed E-state index contributed by atoms with van der Waals surface area (Å²) in [4.78, 5) is 17.9. The molecule has 0 aliphatic heterocycles. The summed E-state index contributed by atoms with van der Waals surface area (Å²) in [5.41, 5.74) is 4.16. The van der Waals surface area contributed by atoms with E-state index in [4.69, 9.17) is 18.6 Å². The molecule has 7 nitrogen and oxygen atoms in total. The number of pyridine rings is 1. The molecule has 0 N–H and O–H groups in total. The molecule has 0 bridgehead atoms. The normalized spacial score (nSPS) is 13.4. The van der Waals surface area contributed by atoms with E-state index in [-0.39, 0.29) is 18.5 Å². The molecule has 3 aromatic heterocycles. The predicted molar refractivity (Wildman–Crippen MR) is 109 cm³/mol. The second kappa shape index (κ2) is 7.40. The Morgan fingerprint density at radius 2 is 1.93 bits per heavy atom. The number of carbonyl (C=O) groups excluding carboxylic acids is 1. The maximum absolute atomic E-state index is 13.1. The standard InChI is InChI=1S/C23H21N3O4/c1-13-11-17(14(2)29-13)22-26-25-20(30-22)12-28-23(27)21-15-7-3-5-9-18(15)24-19-10-6-4-8-16(19)21/h3,5,7,9,11H,4,6,8,10,12H2,1-2H3. The zero-order valence-electron chi connectivity index (χ0n) is 16.9. The van der Waals surface area contributed by atoms with Crippen molar-refractivity contribution in [3.05, 3.63) is 64.6 Å². The molecule has 0 fully saturated rings. The van der Waals surface area contributed by atoms with Gasteiger partial charge in [-0.25, -0.2) is 4.79 Å². The number of furan rings is 1. The largest absolute Gasteiger partial charge is 0.466 e. The summed E-state index contributed by atoms with van der Waals surface area (Å²) in [6.07, 6.45) is 3.85. The van der Waals surface area contributed by atoms with Crippen LogP contribution in [0.4, 0.5) is 0 Å². The minimum absolute atomic E-state index is 0.0901. The number of aromatic nitrogens is 3.